The molecule has 0 bridgehead atoms. The summed E-state index contributed by atoms with van der Waals surface area (Å²) in [7, 11) is 1.45. The van der Waals surface area contributed by atoms with E-state index in [4.69, 9.17) is 4.74 Å². The minimum atomic E-state index is -0.511. The van der Waals surface area contributed by atoms with Gasteiger partial charge in [0.1, 0.15) is 5.75 Å². The van der Waals surface area contributed by atoms with Crippen LogP contribution < -0.4 is 10.1 Å². The Hall–Kier alpha value is -2.97. The molecule has 0 saturated carbocycles. The molecule has 1 saturated heterocycles. The topological polar surface area (TPSA) is 105 Å². The SMILES string of the molecule is COc1ccc([N+](=O)[O-])cc1NC(=O)CCN1CCC(C(O)c2ccccc2)CC1. The lowest BCUT2D eigenvalue weighted by Gasteiger charge is -2.34. The number of nitrogens with one attached hydrogen (secondary N) is 1. The Kier molecular flexibility index (Phi) is 7.37. The predicted octanol–water partition coefficient (Wildman–Crippen LogP) is 3.38. The largest absolute Gasteiger partial charge is 0.495 e. The molecular weight excluding hydrogens is 386 g/mol. The molecule has 30 heavy (non-hydrogen) atoms. The molecule has 2 N–H and O–H groups in total. The van der Waals surface area contributed by atoms with Gasteiger partial charge in [-0.05, 0) is 43.5 Å². The zero-order chi connectivity index (χ0) is 21.5. The summed E-state index contributed by atoms with van der Waals surface area (Å²) in [5, 5.41) is 24.3. The van der Waals surface area contributed by atoms with E-state index in [1.807, 2.05) is 30.3 Å². The molecule has 0 aliphatic carbocycles. The quantitative estimate of drug-likeness (QED) is 0.508. The number of benzene rings is 2. The van der Waals surface area contributed by atoms with Gasteiger partial charge in [0.05, 0.1) is 23.8 Å². The van der Waals surface area contributed by atoms with Crippen molar-refractivity contribution in [3.63, 3.8) is 0 Å². The third-order valence-electron chi connectivity index (χ3n) is 5.54. The molecule has 1 heterocycles. The van der Waals surface area contributed by atoms with Crippen molar-refractivity contribution in [1.29, 1.82) is 0 Å². The Morgan fingerprint density at radius 1 is 1.27 bits per heavy atom. The smallest absolute Gasteiger partial charge is 0.271 e. The number of carbonyl (C=O) groups excluding carboxylic acids is 1. The Morgan fingerprint density at radius 3 is 2.60 bits per heavy atom. The molecule has 0 spiro atoms. The number of rotatable bonds is 8. The van der Waals surface area contributed by atoms with Crippen LogP contribution >= 0.6 is 0 Å². The number of methoxy groups -OCH3 is 1. The number of non-ortho nitro benzene ring substituents is 1. The zero-order valence-corrected chi connectivity index (χ0v) is 17.0. The van der Waals surface area contributed by atoms with Crippen molar-refractivity contribution >= 4 is 17.3 Å². The summed E-state index contributed by atoms with van der Waals surface area (Å²) >= 11 is 0. The first-order chi connectivity index (χ1) is 14.5. The number of likely N-dealkylation sites (tertiary alicyclic amines) is 1. The normalized spacial score (nSPS) is 16.1. The molecule has 8 nitrogen and oxygen atoms in total. The van der Waals surface area contributed by atoms with Crippen LogP contribution in [0.15, 0.2) is 48.5 Å². The molecule has 0 radical (unpaired) electrons. The van der Waals surface area contributed by atoms with E-state index >= 15 is 0 Å². The van der Waals surface area contributed by atoms with Crippen molar-refractivity contribution in [3.8, 4) is 5.75 Å². The second kappa shape index (κ2) is 10.2. The van der Waals surface area contributed by atoms with Crippen LogP contribution in [0.1, 0.15) is 30.9 Å². The van der Waals surface area contributed by atoms with Crippen LogP contribution in [0.2, 0.25) is 0 Å². The minimum Gasteiger partial charge on any atom is -0.495 e. The fourth-order valence-electron chi connectivity index (χ4n) is 3.79. The number of nitrogens with zero attached hydrogens (tertiary/aromatic N) is 2. The second-order valence-electron chi connectivity index (χ2n) is 7.47. The molecule has 1 unspecified atom stereocenters. The summed E-state index contributed by atoms with van der Waals surface area (Å²) in [4.78, 5) is 25.0. The number of hydrogen-bond acceptors (Lipinski definition) is 6. The number of hydrogen-bond donors (Lipinski definition) is 2. The van der Waals surface area contributed by atoms with Crippen LogP contribution in [0, 0.1) is 16.0 Å². The van der Waals surface area contributed by atoms with Crippen LogP contribution in [0.3, 0.4) is 0 Å². The molecule has 160 valence electrons. The van der Waals surface area contributed by atoms with Gasteiger partial charge in [-0.15, -0.1) is 0 Å². The van der Waals surface area contributed by atoms with Crippen LogP contribution in [0.25, 0.3) is 0 Å². The summed E-state index contributed by atoms with van der Waals surface area (Å²) in [5.74, 6) is 0.372. The number of aliphatic hydroxyl groups is 1. The molecular formula is C22H27N3O5. The van der Waals surface area contributed by atoms with Gasteiger partial charge >= 0.3 is 0 Å². The van der Waals surface area contributed by atoms with Gasteiger partial charge in [0, 0.05) is 25.1 Å². The number of ether oxygens (including phenoxy) is 1. The summed E-state index contributed by atoms with van der Waals surface area (Å²) in [6.45, 7) is 2.24. The van der Waals surface area contributed by atoms with E-state index in [9.17, 15) is 20.0 Å². The molecule has 1 aliphatic rings. The van der Waals surface area contributed by atoms with E-state index in [1.165, 1.54) is 25.3 Å². The van der Waals surface area contributed by atoms with E-state index < -0.39 is 11.0 Å². The molecule has 2 aromatic carbocycles. The van der Waals surface area contributed by atoms with Gasteiger partial charge in [-0.1, -0.05) is 30.3 Å². The van der Waals surface area contributed by atoms with Gasteiger partial charge in [-0.3, -0.25) is 14.9 Å². The number of anilines is 1. The highest BCUT2D eigenvalue weighted by atomic mass is 16.6. The molecule has 3 rings (SSSR count). The maximum absolute atomic E-state index is 12.4. The molecule has 1 aliphatic heterocycles. The lowest BCUT2D eigenvalue weighted by Crippen LogP contribution is -2.37. The lowest BCUT2D eigenvalue weighted by atomic mass is 9.87. The van der Waals surface area contributed by atoms with Gasteiger partial charge in [0.2, 0.25) is 5.91 Å². The number of carbonyl (C=O) groups is 1. The first-order valence-electron chi connectivity index (χ1n) is 10.1. The first kappa shape index (κ1) is 21.7. The van der Waals surface area contributed by atoms with Crippen LogP contribution in [-0.2, 0) is 4.79 Å². The van der Waals surface area contributed by atoms with Crippen molar-refractivity contribution in [1.82, 2.24) is 4.90 Å². The van der Waals surface area contributed by atoms with Crippen molar-refractivity contribution in [3.05, 3.63) is 64.2 Å². The van der Waals surface area contributed by atoms with Crippen LogP contribution in [0.5, 0.6) is 5.75 Å². The average Bonchev–Trinajstić information content (AvgIpc) is 2.78. The van der Waals surface area contributed by atoms with E-state index in [0.717, 1.165) is 31.5 Å². The van der Waals surface area contributed by atoms with Crippen molar-refractivity contribution in [2.45, 2.75) is 25.4 Å². The molecule has 2 aromatic rings. The number of nitro groups is 1. The van der Waals surface area contributed by atoms with Crippen molar-refractivity contribution in [2.24, 2.45) is 5.92 Å². The van der Waals surface area contributed by atoms with Gasteiger partial charge < -0.3 is 20.1 Å². The second-order valence-corrected chi connectivity index (χ2v) is 7.47. The summed E-state index contributed by atoms with van der Waals surface area (Å²) in [6, 6.07) is 13.8. The Morgan fingerprint density at radius 2 is 1.97 bits per heavy atom. The fraction of sp³-hybridized carbons (Fsp3) is 0.409. The maximum Gasteiger partial charge on any atom is 0.271 e. The zero-order valence-electron chi connectivity index (χ0n) is 17.0. The first-order valence-corrected chi connectivity index (χ1v) is 10.1. The summed E-state index contributed by atoms with van der Waals surface area (Å²) in [6.07, 6.45) is 1.56. The van der Waals surface area contributed by atoms with Crippen molar-refractivity contribution in [2.75, 3.05) is 32.1 Å². The maximum atomic E-state index is 12.4. The number of amides is 1. The number of nitro benzene ring substituents is 1. The summed E-state index contributed by atoms with van der Waals surface area (Å²) in [5.41, 5.74) is 1.13. The molecule has 1 fully saturated rings. The monoisotopic (exact) mass is 413 g/mol. The van der Waals surface area contributed by atoms with E-state index in [-0.39, 0.29) is 23.9 Å². The van der Waals surface area contributed by atoms with Gasteiger partial charge in [0.25, 0.3) is 5.69 Å². The average molecular weight is 413 g/mol. The minimum absolute atomic E-state index is 0.106. The predicted molar refractivity (Wildman–Crippen MR) is 113 cm³/mol. The van der Waals surface area contributed by atoms with Crippen molar-refractivity contribution < 1.29 is 19.6 Å². The molecule has 1 amide bonds. The molecule has 0 aromatic heterocycles. The standard InChI is InChI=1S/C22H27N3O5/c1-30-20-8-7-18(25(28)29)15-19(20)23-21(26)11-14-24-12-9-17(10-13-24)22(27)16-5-3-2-4-6-16/h2-8,15,17,22,27H,9-14H2,1H3,(H,23,26). The summed E-state index contributed by atoms with van der Waals surface area (Å²) < 4.78 is 5.17. The third kappa shape index (κ3) is 5.55. The van der Waals surface area contributed by atoms with E-state index in [0.29, 0.717) is 18.0 Å². The van der Waals surface area contributed by atoms with Crippen LogP contribution in [0.4, 0.5) is 11.4 Å². The highest BCUT2D eigenvalue weighted by Gasteiger charge is 2.26. The highest BCUT2D eigenvalue weighted by molar-refractivity contribution is 5.92. The van der Waals surface area contributed by atoms with Gasteiger partial charge in [-0.25, -0.2) is 0 Å². The Balaban J connectivity index is 1.47. The van der Waals surface area contributed by atoms with E-state index in [2.05, 4.69) is 10.2 Å². The number of piperidine rings is 1. The molecule has 1 atom stereocenters. The van der Waals surface area contributed by atoms with Crippen LogP contribution in [-0.4, -0.2) is 47.6 Å². The van der Waals surface area contributed by atoms with Gasteiger partial charge in [-0.2, -0.15) is 0 Å². The highest BCUT2D eigenvalue weighted by Crippen LogP contribution is 2.31. The Labute approximate surface area is 175 Å². The molecule has 8 heteroatoms. The Bertz CT molecular complexity index is 866. The fourth-order valence-corrected chi connectivity index (χ4v) is 3.79. The third-order valence-corrected chi connectivity index (χ3v) is 5.54. The van der Waals surface area contributed by atoms with E-state index in [1.54, 1.807) is 0 Å². The lowest BCUT2D eigenvalue weighted by molar-refractivity contribution is -0.384. The van der Waals surface area contributed by atoms with Gasteiger partial charge in [0.15, 0.2) is 0 Å². The number of aliphatic hydroxyl groups excluding tert-OH is 1.